The number of methoxy groups -OCH3 is 1. The fourth-order valence-electron chi connectivity index (χ4n) is 1.56. The molecule has 1 aromatic rings. The molecule has 0 atom stereocenters. The smallest absolute Gasteiger partial charge is 0.251 e. The van der Waals surface area contributed by atoms with Crippen LogP contribution in [0.5, 0.6) is 0 Å². The fraction of sp³-hybridized carbons (Fsp3) is 0.429. The molecule has 20 heavy (non-hydrogen) atoms. The summed E-state index contributed by atoms with van der Waals surface area (Å²) in [6.45, 7) is 1.70. The van der Waals surface area contributed by atoms with Gasteiger partial charge in [-0.05, 0) is 17.7 Å². The van der Waals surface area contributed by atoms with Crippen LogP contribution in [-0.2, 0) is 16.1 Å². The van der Waals surface area contributed by atoms with Gasteiger partial charge >= 0.3 is 0 Å². The van der Waals surface area contributed by atoms with Gasteiger partial charge in [0.15, 0.2) is 0 Å². The molecule has 0 aromatic heterocycles. The number of nitrogens with one attached hydrogen (secondary N) is 2. The Bertz CT molecular complexity index is 432. The maximum Gasteiger partial charge on any atom is 0.251 e. The van der Waals surface area contributed by atoms with Crippen molar-refractivity contribution >= 4 is 11.8 Å². The van der Waals surface area contributed by atoms with E-state index in [9.17, 15) is 9.59 Å². The Hall–Kier alpha value is -1.92. The Labute approximate surface area is 118 Å². The van der Waals surface area contributed by atoms with E-state index in [-0.39, 0.29) is 18.2 Å². The molecule has 1 rings (SSSR count). The molecule has 0 aliphatic carbocycles. The molecule has 0 bridgehead atoms. The number of nitrogens with two attached hydrogens (primary N) is 1. The van der Waals surface area contributed by atoms with Crippen LogP contribution in [0.25, 0.3) is 0 Å². The van der Waals surface area contributed by atoms with Crippen LogP contribution in [0, 0.1) is 0 Å². The molecular formula is C14H21N3O3. The summed E-state index contributed by atoms with van der Waals surface area (Å²) in [6, 6.07) is 7.06. The van der Waals surface area contributed by atoms with Crippen molar-refractivity contribution in [3.63, 3.8) is 0 Å². The molecule has 0 spiro atoms. The maximum absolute atomic E-state index is 11.8. The zero-order valence-corrected chi connectivity index (χ0v) is 11.6. The van der Waals surface area contributed by atoms with Crippen LogP contribution in [0.1, 0.15) is 22.3 Å². The van der Waals surface area contributed by atoms with Gasteiger partial charge in [-0.2, -0.15) is 0 Å². The van der Waals surface area contributed by atoms with E-state index in [2.05, 4.69) is 10.6 Å². The first kappa shape index (κ1) is 16.1. The molecule has 0 aliphatic heterocycles. The number of rotatable bonds is 8. The van der Waals surface area contributed by atoms with Gasteiger partial charge in [0.25, 0.3) is 5.91 Å². The van der Waals surface area contributed by atoms with E-state index in [4.69, 9.17) is 10.5 Å². The topological polar surface area (TPSA) is 93.5 Å². The van der Waals surface area contributed by atoms with Gasteiger partial charge < -0.3 is 21.1 Å². The first-order valence-corrected chi connectivity index (χ1v) is 6.50. The largest absolute Gasteiger partial charge is 0.383 e. The van der Waals surface area contributed by atoms with E-state index < -0.39 is 0 Å². The minimum absolute atomic E-state index is 0.110. The van der Waals surface area contributed by atoms with Crippen LogP contribution in [0.4, 0.5) is 0 Å². The standard InChI is InChI=1S/C14H21N3O3/c1-20-9-8-16-13(18)6-7-17-14(19)12-4-2-11(10-15)3-5-12/h2-5H,6-10,15H2,1H3,(H,16,18)(H,17,19). The molecule has 1 aromatic carbocycles. The van der Waals surface area contributed by atoms with Crippen molar-refractivity contribution < 1.29 is 14.3 Å². The number of carbonyl (C=O) groups excluding carboxylic acids is 2. The molecule has 4 N–H and O–H groups in total. The molecule has 0 fully saturated rings. The normalized spacial score (nSPS) is 10.1. The van der Waals surface area contributed by atoms with Crippen LogP contribution in [0.15, 0.2) is 24.3 Å². The first-order chi connectivity index (χ1) is 9.67. The lowest BCUT2D eigenvalue weighted by Gasteiger charge is -2.07. The van der Waals surface area contributed by atoms with Crippen molar-refractivity contribution in [2.24, 2.45) is 5.73 Å². The van der Waals surface area contributed by atoms with Crippen LogP contribution in [0.3, 0.4) is 0 Å². The summed E-state index contributed by atoms with van der Waals surface area (Å²) in [7, 11) is 1.57. The predicted molar refractivity (Wildman–Crippen MR) is 76.2 cm³/mol. The molecule has 0 unspecified atom stereocenters. The summed E-state index contributed by atoms with van der Waals surface area (Å²) in [5, 5.41) is 5.38. The average Bonchev–Trinajstić information content (AvgIpc) is 2.47. The molecule has 6 heteroatoms. The number of ether oxygens (including phenoxy) is 1. The number of carbonyl (C=O) groups is 2. The fourth-order valence-corrected chi connectivity index (χ4v) is 1.56. The van der Waals surface area contributed by atoms with Gasteiger partial charge in [0.1, 0.15) is 0 Å². The van der Waals surface area contributed by atoms with Crippen LogP contribution in [0.2, 0.25) is 0 Å². The summed E-state index contributed by atoms with van der Waals surface area (Å²) in [4.78, 5) is 23.2. The number of hydrogen-bond acceptors (Lipinski definition) is 4. The lowest BCUT2D eigenvalue weighted by molar-refractivity contribution is -0.121. The second-order valence-electron chi connectivity index (χ2n) is 4.25. The van der Waals surface area contributed by atoms with Gasteiger partial charge in [0, 0.05) is 38.7 Å². The lowest BCUT2D eigenvalue weighted by atomic mass is 10.1. The van der Waals surface area contributed by atoms with Crippen molar-refractivity contribution in [3.05, 3.63) is 35.4 Å². The van der Waals surface area contributed by atoms with Crippen LogP contribution < -0.4 is 16.4 Å². The van der Waals surface area contributed by atoms with Gasteiger partial charge in [0.2, 0.25) is 5.91 Å². The molecule has 0 saturated carbocycles. The Balaban J connectivity index is 2.27. The molecule has 6 nitrogen and oxygen atoms in total. The zero-order valence-electron chi connectivity index (χ0n) is 11.6. The second-order valence-corrected chi connectivity index (χ2v) is 4.25. The van der Waals surface area contributed by atoms with Crippen molar-refractivity contribution in [2.75, 3.05) is 26.8 Å². The first-order valence-electron chi connectivity index (χ1n) is 6.50. The Morgan fingerprint density at radius 1 is 1.15 bits per heavy atom. The van der Waals surface area contributed by atoms with E-state index >= 15 is 0 Å². The quantitative estimate of drug-likeness (QED) is 0.585. The highest BCUT2D eigenvalue weighted by Gasteiger charge is 2.06. The molecule has 110 valence electrons. The van der Waals surface area contributed by atoms with Gasteiger partial charge in [-0.25, -0.2) is 0 Å². The van der Waals surface area contributed by atoms with Crippen molar-refractivity contribution in [1.29, 1.82) is 0 Å². The van der Waals surface area contributed by atoms with Gasteiger partial charge in [-0.15, -0.1) is 0 Å². The number of amides is 2. The molecule has 0 aliphatic rings. The minimum Gasteiger partial charge on any atom is -0.383 e. The third-order valence-corrected chi connectivity index (χ3v) is 2.72. The highest BCUT2D eigenvalue weighted by atomic mass is 16.5. The summed E-state index contributed by atoms with van der Waals surface area (Å²) in [5.41, 5.74) is 7.01. The van der Waals surface area contributed by atoms with Crippen molar-refractivity contribution in [1.82, 2.24) is 10.6 Å². The Kier molecular flexibility index (Phi) is 7.31. The van der Waals surface area contributed by atoms with Gasteiger partial charge in [-0.1, -0.05) is 12.1 Å². The third-order valence-electron chi connectivity index (χ3n) is 2.72. The van der Waals surface area contributed by atoms with Gasteiger partial charge in [0.05, 0.1) is 6.61 Å². The number of hydrogen-bond donors (Lipinski definition) is 3. The van der Waals surface area contributed by atoms with Crippen molar-refractivity contribution in [3.8, 4) is 0 Å². The zero-order chi connectivity index (χ0) is 14.8. The van der Waals surface area contributed by atoms with E-state index in [1.807, 2.05) is 12.1 Å². The summed E-state index contributed by atoms with van der Waals surface area (Å²) in [5.74, 6) is -0.306. The SMILES string of the molecule is COCCNC(=O)CCNC(=O)c1ccc(CN)cc1. The van der Waals surface area contributed by atoms with E-state index in [0.29, 0.717) is 31.8 Å². The van der Waals surface area contributed by atoms with Gasteiger partial charge in [-0.3, -0.25) is 9.59 Å². The highest BCUT2D eigenvalue weighted by Crippen LogP contribution is 2.03. The second kappa shape index (κ2) is 9.06. The van der Waals surface area contributed by atoms with Crippen LogP contribution >= 0.6 is 0 Å². The molecular weight excluding hydrogens is 258 g/mol. The van der Waals surface area contributed by atoms with E-state index in [1.165, 1.54) is 0 Å². The monoisotopic (exact) mass is 279 g/mol. The predicted octanol–water partition coefficient (Wildman–Crippen LogP) is 0.0278. The molecule has 0 heterocycles. The third kappa shape index (κ3) is 5.81. The highest BCUT2D eigenvalue weighted by molar-refractivity contribution is 5.94. The molecule has 2 amide bonds. The van der Waals surface area contributed by atoms with E-state index in [1.54, 1.807) is 19.2 Å². The minimum atomic E-state index is -0.196. The average molecular weight is 279 g/mol. The van der Waals surface area contributed by atoms with Crippen LogP contribution in [-0.4, -0.2) is 38.6 Å². The maximum atomic E-state index is 11.8. The Morgan fingerprint density at radius 3 is 2.45 bits per heavy atom. The lowest BCUT2D eigenvalue weighted by Crippen LogP contribution is -2.32. The summed E-state index contributed by atoms with van der Waals surface area (Å²) in [6.07, 6.45) is 0.246. The Morgan fingerprint density at radius 2 is 1.85 bits per heavy atom. The summed E-state index contributed by atoms with van der Waals surface area (Å²) < 4.78 is 4.82. The number of benzene rings is 1. The van der Waals surface area contributed by atoms with E-state index in [0.717, 1.165) is 5.56 Å². The summed E-state index contributed by atoms with van der Waals surface area (Å²) >= 11 is 0. The van der Waals surface area contributed by atoms with Crippen molar-refractivity contribution in [2.45, 2.75) is 13.0 Å². The molecule has 0 saturated heterocycles. The molecule has 0 radical (unpaired) electrons.